The molecule has 4 atom stereocenters. The van der Waals surface area contributed by atoms with E-state index < -0.39 is 47.9 Å². The fraction of sp³-hybridized carbons (Fsp3) is 0.333. The first-order valence-corrected chi connectivity index (χ1v) is 11.7. The van der Waals surface area contributed by atoms with E-state index in [-0.39, 0.29) is 25.0 Å². The highest BCUT2D eigenvalue weighted by atomic mass is 16.4. The summed E-state index contributed by atoms with van der Waals surface area (Å²) >= 11 is 0. The van der Waals surface area contributed by atoms with Crippen LogP contribution in [0.25, 0.3) is 0 Å². The van der Waals surface area contributed by atoms with E-state index in [1.165, 1.54) is 44.1 Å². The Labute approximate surface area is 217 Å². The molecule has 0 aliphatic heterocycles. The molecule has 0 bridgehead atoms. The zero-order valence-corrected chi connectivity index (χ0v) is 20.5. The zero-order valence-electron chi connectivity index (χ0n) is 20.5. The number of phenols is 1. The van der Waals surface area contributed by atoms with Crippen molar-refractivity contribution in [1.82, 2.24) is 35.9 Å². The number of H-pyrrole nitrogens is 2. The lowest BCUT2D eigenvalue weighted by Crippen LogP contribution is -2.58. The Balaban J connectivity index is 1.82. The number of carbonyl (C=O) groups is 4. The van der Waals surface area contributed by atoms with Gasteiger partial charge in [0.05, 0.1) is 18.7 Å². The molecule has 9 N–H and O–H groups in total. The number of hydrogen-bond donors (Lipinski definition) is 8. The van der Waals surface area contributed by atoms with Crippen LogP contribution in [0.5, 0.6) is 5.75 Å². The smallest absolute Gasteiger partial charge is 0.326 e. The van der Waals surface area contributed by atoms with Crippen molar-refractivity contribution in [3.05, 3.63) is 66.3 Å². The summed E-state index contributed by atoms with van der Waals surface area (Å²) in [4.78, 5) is 64.1. The van der Waals surface area contributed by atoms with Gasteiger partial charge in [-0.1, -0.05) is 12.1 Å². The van der Waals surface area contributed by atoms with Crippen molar-refractivity contribution in [1.29, 1.82) is 0 Å². The van der Waals surface area contributed by atoms with E-state index in [4.69, 9.17) is 5.73 Å². The van der Waals surface area contributed by atoms with Crippen LogP contribution in [-0.2, 0) is 38.4 Å². The van der Waals surface area contributed by atoms with E-state index in [1.54, 1.807) is 12.1 Å². The molecule has 0 aliphatic carbocycles. The van der Waals surface area contributed by atoms with Gasteiger partial charge < -0.3 is 41.9 Å². The van der Waals surface area contributed by atoms with Crippen LogP contribution >= 0.6 is 0 Å². The summed E-state index contributed by atoms with van der Waals surface area (Å²) in [6.07, 6.45) is 5.70. The van der Waals surface area contributed by atoms with E-state index in [0.717, 1.165) is 0 Å². The van der Waals surface area contributed by atoms with Gasteiger partial charge >= 0.3 is 5.97 Å². The highest BCUT2D eigenvalue weighted by Gasteiger charge is 2.31. The molecular formula is C24H30N8O6. The highest BCUT2D eigenvalue weighted by Crippen LogP contribution is 2.12. The number of benzene rings is 1. The third-order valence-electron chi connectivity index (χ3n) is 5.63. The maximum Gasteiger partial charge on any atom is 0.326 e. The SMILES string of the molecule is CC(N)C(=O)NC(Cc1cnc[nH]1)C(=O)NC(Cc1ccc(O)cc1)C(=O)NC(Cc1cnc[nH]1)C(=O)O. The molecule has 0 radical (unpaired) electrons. The Morgan fingerprint density at radius 1 is 0.816 bits per heavy atom. The predicted octanol–water partition coefficient (Wildman–Crippen LogP) is -1.25. The van der Waals surface area contributed by atoms with E-state index >= 15 is 0 Å². The first kappa shape index (κ1) is 27.9. The molecule has 3 rings (SSSR count). The zero-order chi connectivity index (χ0) is 27.7. The number of aromatic hydroxyl groups is 1. The number of aliphatic carboxylic acids is 1. The van der Waals surface area contributed by atoms with Gasteiger partial charge in [-0.15, -0.1) is 0 Å². The third-order valence-corrected chi connectivity index (χ3v) is 5.63. The Morgan fingerprint density at radius 2 is 1.29 bits per heavy atom. The standard InChI is InChI=1S/C24H30N8O6/c1-13(25)21(34)30-19(7-15-9-26-11-28-15)23(36)31-18(6-14-2-4-17(33)5-3-14)22(35)32-20(24(37)38)8-16-10-27-12-29-16/h2-5,9-13,18-20,33H,6-8,25H2,1H3,(H,26,28)(H,27,29)(H,30,34)(H,31,36)(H,32,35)(H,37,38). The summed E-state index contributed by atoms with van der Waals surface area (Å²) in [6.45, 7) is 1.47. The van der Waals surface area contributed by atoms with E-state index in [2.05, 4.69) is 35.9 Å². The van der Waals surface area contributed by atoms with Gasteiger partial charge in [0.1, 0.15) is 23.9 Å². The van der Waals surface area contributed by atoms with E-state index in [0.29, 0.717) is 17.0 Å². The normalized spacial score (nSPS) is 14.1. The number of imidazole rings is 2. The molecule has 0 spiro atoms. The van der Waals surface area contributed by atoms with Crippen molar-refractivity contribution in [2.45, 2.75) is 50.4 Å². The molecule has 2 heterocycles. The second-order valence-electron chi connectivity index (χ2n) is 8.74. The molecule has 0 fully saturated rings. The number of hydrogen-bond acceptors (Lipinski definition) is 8. The van der Waals surface area contributed by atoms with Crippen molar-refractivity contribution in [2.24, 2.45) is 5.73 Å². The molecule has 3 aromatic rings. The molecule has 3 amide bonds. The van der Waals surface area contributed by atoms with Gasteiger partial charge in [0.2, 0.25) is 17.7 Å². The molecule has 38 heavy (non-hydrogen) atoms. The van der Waals surface area contributed by atoms with Crippen molar-refractivity contribution in [2.75, 3.05) is 0 Å². The average Bonchev–Trinajstić information content (AvgIpc) is 3.58. The monoisotopic (exact) mass is 526 g/mol. The molecular weight excluding hydrogens is 496 g/mol. The fourth-order valence-electron chi connectivity index (χ4n) is 3.57. The summed E-state index contributed by atoms with van der Waals surface area (Å²) in [7, 11) is 0. The van der Waals surface area contributed by atoms with Crippen LogP contribution in [0.15, 0.2) is 49.3 Å². The van der Waals surface area contributed by atoms with E-state index in [9.17, 15) is 29.4 Å². The number of aromatic nitrogens is 4. The van der Waals surface area contributed by atoms with Gasteiger partial charge in [-0.05, 0) is 24.6 Å². The number of nitrogens with one attached hydrogen (secondary N) is 5. The predicted molar refractivity (Wildman–Crippen MR) is 133 cm³/mol. The van der Waals surface area contributed by atoms with Crippen LogP contribution in [0.3, 0.4) is 0 Å². The number of carboxylic acid groups (broad SMARTS) is 1. The average molecular weight is 527 g/mol. The van der Waals surface area contributed by atoms with Gasteiger partial charge in [-0.3, -0.25) is 14.4 Å². The van der Waals surface area contributed by atoms with Gasteiger partial charge in [0, 0.05) is 43.0 Å². The largest absolute Gasteiger partial charge is 0.508 e. The fourth-order valence-corrected chi connectivity index (χ4v) is 3.57. The number of rotatable bonds is 13. The molecule has 14 heteroatoms. The Hall–Kier alpha value is -4.72. The number of nitrogens with two attached hydrogens (primary N) is 1. The van der Waals surface area contributed by atoms with Crippen LogP contribution in [-0.4, -0.2) is 78.0 Å². The van der Waals surface area contributed by atoms with Crippen LogP contribution < -0.4 is 21.7 Å². The van der Waals surface area contributed by atoms with Crippen LogP contribution in [0, 0.1) is 0 Å². The minimum absolute atomic E-state index is 0.0162. The summed E-state index contributed by atoms with van der Waals surface area (Å²) in [5.41, 5.74) is 7.29. The number of carboxylic acids is 1. The highest BCUT2D eigenvalue weighted by molar-refractivity contribution is 5.94. The molecule has 0 saturated heterocycles. The third kappa shape index (κ3) is 8.16. The number of carbonyl (C=O) groups excluding carboxylic acids is 3. The number of amides is 3. The minimum atomic E-state index is -1.30. The number of nitrogens with zero attached hydrogens (tertiary/aromatic N) is 2. The molecule has 1 aromatic carbocycles. The van der Waals surface area contributed by atoms with Crippen molar-refractivity contribution >= 4 is 23.7 Å². The van der Waals surface area contributed by atoms with Crippen LogP contribution in [0.2, 0.25) is 0 Å². The Morgan fingerprint density at radius 3 is 1.76 bits per heavy atom. The summed E-state index contributed by atoms with van der Waals surface area (Å²) in [6, 6.07) is 1.48. The van der Waals surface area contributed by atoms with Crippen molar-refractivity contribution in [3.8, 4) is 5.75 Å². The molecule has 2 aromatic heterocycles. The number of phenolic OH excluding ortho intramolecular Hbond substituents is 1. The minimum Gasteiger partial charge on any atom is -0.508 e. The first-order valence-electron chi connectivity index (χ1n) is 11.7. The quantitative estimate of drug-likeness (QED) is 0.133. The van der Waals surface area contributed by atoms with Gasteiger partial charge in [-0.2, -0.15) is 0 Å². The van der Waals surface area contributed by atoms with Crippen molar-refractivity contribution < 1.29 is 29.4 Å². The van der Waals surface area contributed by atoms with Gasteiger partial charge in [0.15, 0.2) is 0 Å². The molecule has 0 aliphatic rings. The Kier molecular flexibility index (Phi) is 9.54. The second kappa shape index (κ2) is 13.0. The molecule has 4 unspecified atom stereocenters. The summed E-state index contributed by atoms with van der Waals surface area (Å²) in [5.74, 6) is -3.27. The van der Waals surface area contributed by atoms with Gasteiger partial charge in [-0.25, -0.2) is 14.8 Å². The lowest BCUT2D eigenvalue weighted by Gasteiger charge is -2.25. The molecule has 202 valence electrons. The lowest BCUT2D eigenvalue weighted by atomic mass is 10.0. The van der Waals surface area contributed by atoms with Gasteiger partial charge in [0.25, 0.3) is 0 Å². The summed E-state index contributed by atoms with van der Waals surface area (Å²) in [5, 5.41) is 26.9. The lowest BCUT2D eigenvalue weighted by molar-refractivity contribution is -0.142. The van der Waals surface area contributed by atoms with Crippen molar-refractivity contribution in [3.63, 3.8) is 0 Å². The maximum atomic E-state index is 13.3. The van der Waals surface area contributed by atoms with Crippen LogP contribution in [0.4, 0.5) is 0 Å². The second-order valence-corrected chi connectivity index (χ2v) is 8.74. The topological polar surface area (TPSA) is 228 Å². The Bertz CT molecular complexity index is 1210. The maximum absolute atomic E-state index is 13.3. The van der Waals surface area contributed by atoms with E-state index in [1.807, 2.05) is 0 Å². The summed E-state index contributed by atoms with van der Waals surface area (Å²) < 4.78 is 0. The number of aromatic amines is 2. The molecule has 0 saturated carbocycles. The molecule has 14 nitrogen and oxygen atoms in total. The van der Waals surface area contributed by atoms with Crippen LogP contribution in [0.1, 0.15) is 23.9 Å². The first-order chi connectivity index (χ1) is 18.1.